The maximum Gasteiger partial charge on any atom is 0.475 e. The molecule has 19 heavy (non-hydrogen) atoms. The van der Waals surface area contributed by atoms with Crippen molar-refractivity contribution in [1.29, 1.82) is 0 Å². The van der Waals surface area contributed by atoms with Crippen LogP contribution in [0.5, 0.6) is 0 Å². The Hall–Kier alpha value is -0.210. The summed E-state index contributed by atoms with van der Waals surface area (Å²) in [7, 11) is 0. The average Bonchev–Trinajstić information content (AvgIpc) is 2.58. The lowest BCUT2D eigenvalue weighted by molar-refractivity contribution is -0.334. The van der Waals surface area contributed by atoms with E-state index in [1.54, 1.807) is 0 Å². The van der Waals surface area contributed by atoms with Crippen molar-refractivity contribution in [2.45, 2.75) is 42.1 Å². The van der Waals surface area contributed by atoms with Crippen LogP contribution in [0, 0.1) is 0 Å². The maximum atomic E-state index is 13.4. The fourth-order valence-electron chi connectivity index (χ4n) is 1.46. The Balaban J connectivity index is 3.19. The van der Waals surface area contributed by atoms with Crippen molar-refractivity contribution < 1.29 is 22.0 Å². The fourth-order valence-corrected chi connectivity index (χ4v) is 2.08. The Morgan fingerprint density at radius 1 is 1.11 bits per heavy atom. The first-order chi connectivity index (χ1) is 8.30. The van der Waals surface area contributed by atoms with Gasteiger partial charge in [-0.2, -0.15) is 27.1 Å². The molecule has 1 aliphatic heterocycles. The molecular formula is C8H9Cl3F5N3. The largest absolute Gasteiger partial charge is 0.475 e. The highest BCUT2D eigenvalue weighted by molar-refractivity contribution is 6.68. The zero-order valence-electron chi connectivity index (χ0n) is 9.60. The smallest absolute Gasteiger partial charge is 0.268 e. The van der Waals surface area contributed by atoms with Gasteiger partial charge in [0.1, 0.15) is 6.34 Å². The minimum Gasteiger partial charge on any atom is -0.268 e. The lowest BCUT2D eigenvalue weighted by Gasteiger charge is -2.40. The number of halogens is 8. The molecule has 1 atom stereocenters. The van der Waals surface area contributed by atoms with Crippen molar-refractivity contribution in [3.63, 3.8) is 0 Å². The first-order valence-corrected chi connectivity index (χ1v) is 6.05. The zero-order chi connectivity index (χ0) is 15.2. The first-order valence-electron chi connectivity index (χ1n) is 4.92. The minimum absolute atomic E-state index is 0.319. The highest BCUT2D eigenvalue weighted by atomic mass is 35.6. The average molecular weight is 349 g/mol. The molecule has 0 amide bonds. The molecule has 112 valence electrons. The van der Waals surface area contributed by atoms with Gasteiger partial charge in [-0.3, -0.25) is 9.91 Å². The second-order valence-corrected chi connectivity index (χ2v) is 6.44. The van der Waals surface area contributed by atoms with E-state index in [1.165, 1.54) is 13.8 Å². The van der Waals surface area contributed by atoms with Crippen molar-refractivity contribution in [3.05, 3.63) is 0 Å². The van der Waals surface area contributed by atoms with Gasteiger partial charge >= 0.3 is 12.2 Å². The Morgan fingerprint density at radius 2 is 1.58 bits per heavy atom. The molecule has 1 unspecified atom stereocenters. The van der Waals surface area contributed by atoms with Gasteiger partial charge in [0, 0.05) is 6.04 Å². The van der Waals surface area contributed by atoms with E-state index in [0.717, 1.165) is 5.01 Å². The molecule has 1 aliphatic rings. The van der Waals surface area contributed by atoms with Gasteiger partial charge in [-0.1, -0.05) is 34.8 Å². The Bertz CT molecular complexity index is 366. The molecule has 0 aromatic heterocycles. The van der Waals surface area contributed by atoms with E-state index in [2.05, 4.69) is 5.10 Å². The first kappa shape index (κ1) is 16.8. The Labute approximate surface area is 120 Å². The second-order valence-electron chi connectivity index (χ2n) is 4.07. The summed E-state index contributed by atoms with van der Waals surface area (Å²) in [5.41, 5.74) is 0. The van der Waals surface area contributed by atoms with E-state index in [9.17, 15) is 22.0 Å². The van der Waals surface area contributed by atoms with Gasteiger partial charge in [-0.05, 0) is 13.8 Å². The van der Waals surface area contributed by atoms with Crippen molar-refractivity contribution in [2.75, 3.05) is 0 Å². The van der Waals surface area contributed by atoms with Crippen LogP contribution in [0.2, 0.25) is 0 Å². The third-order valence-electron chi connectivity index (χ3n) is 2.31. The predicted molar refractivity (Wildman–Crippen MR) is 62.4 cm³/mol. The number of rotatable bonds is 2. The summed E-state index contributed by atoms with van der Waals surface area (Å²) < 4.78 is 61.4. The number of hydrogen-bond donors (Lipinski definition) is 0. The summed E-state index contributed by atoms with van der Waals surface area (Å²) >= 11 is 16.5. The fraction of sp³-hybridized carbons (Fsp3) is 0.875. The molecule has 0 saturated carbocycles. The molecule has 11 heteroatoms. The van der Waals surface area contributed by atoms with Gasteiger partial charge in [0.2, 0.25) is 3.79 Å². The number of nitrogens with zero attached hydrogens (tertiary/aromatic N) is 3. The molecule has 0 radical (unpaired) electrons. The van der Waals surface area contributed by atoms with E-state index in [1.807, 2.05) is 0 Å². The molecule has 0 bridgehead atoms. The van der Waals surface area contributed by atoms with E-state index in [4.69, 9.17) is 34.8 Å². The highest BCUT2D eigenvalue weighted by Gasteiger charge is 2.66. The summed E-state index contributed by atoms with van der Waals surface area (Å²) in [6, 6.07) is -5.74. The third-order valence-corrected chi connectivity index (χ3v) is 2.90. The SMILES string of the molecule is CC(C)N1N=CN(C(F)(F)C(F)(F)F)C1C(Cl)(Cl)Cl. The summed E-state index contributed by atoms with van der Waals surface area (Å²) in [6.07, 6.45) is -7.37. The summed E-state index contributed by atoms with van der Waals surface area (Å²) in [5, 5.41) is 4.31. The number of hydrazone groups is 1. The van der Waals surface area contributed by atoms with Gasteiger partial charge < -0.3 is 0 Å². The van der Waals surface area contributed by atoms with Crippen LogP contribution < -0.4 is 0 Å². The third kappa shape index (κ3) is 3.11. The molecule has 1 rings (SSSR count). The van der Waals surface area contributed by atoms with E-state index in [0.29, 0.717) is 6.34 Å². The maximum absolute atomic E-state index is 13.4. The van der Waals surface area contributed by atoms with Crippen LogP contribution in [-0.4, -0.2) is 44.5 Å². The molecule has 0 spiro atoms. The standard InChI is InChI=1S/C8H9Cl3F5N3/c1-4(2)19-5(6(9,10)11)18(3-17-19)8(15,16)7(12,13)14/h3-5H,1-2H3. The van der Waals surface area contributed by atoms with Crippen LogP contribution in [0.15, 0.2) is 5.10 Å². The van der Waals surface area contributed by atoms with Crippen LogP contribution >= 0.6 is 34.8 Å². The normalized spacial score (nSPS) is 21.7. The van der Waals surface area contributed by atoms with E-state index in [-0.39, 0.29) is 0 Å². The minimum atomic E-state index is -5.82. The van der Waals surface area contributed by atoms with Crippen LogP contribution in [0.25, 0.3) is 0 Å². The Kier molecular flexibility index (Phi) is 4.40. The monoisotopic (exact) mass is 347 g/mol. The Morgan fingerprint density at radius 3 is 1.89 bits per heavy atom. The quantitative estimate of drug-likeness (QED) is 0.429. The molecule has 0 saturated heterocycles. The van der Waals surface area contributed by atoms with Crippen LogP contribution in [0.4, 0.5) is 22.0 Å². The lowest BCUT2D eigenvalue weighted by atomic mass is 10.3. The van der Waals surface area contributed by atoms with E-state index < -0.39 is 33.1 Å². The van der Waals surface area contributed by atoms with Gasteiger partial charge in [-0.15, -0.1) is 0 Å². The predicted octanol–water partition coefficient (Wildman–Crippen LogP) is 3.81. The van der Waals surface area contributed by atoms with Gasteiger partial charge in [0.05, 0.1) is 0 Å². The van der Waals surface area contributed by atoms with Crippen LogP contribution in [0.3, 0.4) is 0 Å². The number of hydrogen-bond acceptors (Lipinski definition) is 3. The van der Waals surface area contributed by atoms with Crippen molar-refractivity contribution in [2.24, 2.45) is 5.10 Å². The molecule has 0 N–H and O–H groups in total. The molecule has 0 aliphatic carbocycles. The van der Waals surface area contributed by atoms with E-state index >= 15 is 0 Å². The highest BCUT2D eigenvalue weighted by Crippen LogP contribution is 2.46. The second kappa shape index (κ2) is 4.96. The topological polar surface area (TPSA) is 18.8 Å². The summed E-state index contributed by atoms with van der Waals surface area (Å²) in [6.45, 7) is 3.02. The van der Waals surface area contributed by atoms with Gasteiger partial charge in [0.25, 0.3) is 0 Å². The molecule has 0 aromatic rings. The molecule has 3 nitrogen and oxygen atoms in total. The molecule has 0 aromatic carbocycles. The molecular weight excluding hydrogens is 339 g/mol. The summed E-state index contributed by atoms with van der Waals surface area (Å²) in [5.74, 6) is 0. The van der Waals surface area contributed by atoms with Crippen molar-refractivity contribution in [3.8, 4) is 0 Å². The van der Waals surface area contributed by atoms with Gasteiger partial charge in [0.15, 0.2) is 6.17 Å². The summed E-state index contributed by atoms with van der Waals surface area (Å²) in [4.78, 5) is -0.403. The van der Waals surface area contributed by atoms with Crippen LogP contribution in [0.1, 0.15) is 13.8 Å². The molecule has 1 heterocycles. The van der Waals surface area contributed by atoms with Crippen molar-refractivity contribution >= 4 is 41.1 Å². The number of alkyl halides is 8. The van der Waals surface area contributed by atoms with Crippen molar-refractivity contribution in [1.82, 2.24) is 9.91 Å². The molecule has 0 fully saturated rings. The zero-order valence-corrected chi connectivity index (χ0v) is 11.9. The van der Waals surface area contributed by atoms with Gasteiger partial charge in [-0.25, -0.2) is 0 Å². The lowest BCUT2D eigenvalue weighted by Crippen LogP contribution is -2.61. The van der Waals surface area contributed by atoms with Crippen LogP contribution in [-0.2, 0) is 0 Å².